The van der Waals surface area contributed by atoms with Crippen molar-refractivity contribution in [3.05, 3.63) is 35.7 Å². The van der Waals surface area contributed by atoms with Gasteiger partial charge in [-0.1, -0.05) is 12.7 Å². The van der Waals surface area contributed by atoms with Gasteiger partial charge in [-0.05, 0) is 18.1 Å². The number of pyridine rings is 1. The molecule has 0 amide bonds. The quantitative estimate of drug-likeness (QED) is 0.618. The second-order valence-corrected chi connectivity index (χ2v) is 3.08. The zero-order chi connectivity index (χ0) is 11.3. The van der Waals surface area contributed by atoms with Gasteiger partial charge in [0, 0.05) is 18.3 Å². The second kappa shape index (κ2) is 7.25. The summed E-state index contributed by atoms with van der Waals surface area (Å²) in [6.45, 7) is 5.72. The molecule has 0 saturated heterocycles. The van der Waals surface area contributed by atoms with Crippen molar-refractivity contribution in [3.8, 4) is 0 Å². The number of carbonyl (C=O) groups is 1. The Balaban J connectivity index is 0.00000225. The minimum absolute atomic E-state index is 0. The Kier molecular flexibility index (Phi) is 6.77. The van der Waals surface area contributed by atoms with E-state index in [-0.39, 0.29) is 18.3 Å². The SMILES string of the molecule is C=Cc1cncc(C(=O)OCC)c1CCl.Cl. The summed E-state index contributed by atoms with van der Waals surface area (Å²) in [7, 11) is 0. The van der Waals surface area contributed by atoms with Gasteiger partial charge < -0.3 is 4.74 Å². The fourth-order valence-electron chi connectivity index (χ4n) is 1.21. The minimum atomic E-state index is -0.399. The maximum Gasteiger partial charge on any atom is 0.340 e. The molecule has 88 valence electrons. The van der Waals surface area contributed by atoms with Gasteiger partial charge in [-0.2, -0.15) is 0 Å². The molecule has 0 aliphatic rings. The molecule has 16 heavy (non-hydrogen) atoms. The summed E-state index contributed by atoms with van der Waals surface area (Å²) in [5, 5.41) is 0. The van der Waals surface area contributed by atoms with E-state index < -0.39 is 5.97 Å². The summed E-state index contributed by atoms with van der Waals surface area (Å²) in [5.41, 5.74) is 1.87. The van der Waals surface area contributed by atoms with Gasteiger partial charge in [0.25, 0.3) is 0 Å². The lowest BCUT2D eigenvalue weighted by Gasteiger charge is -2.08. The van der Waals surface area contributed by atoms with E-state index in [4.69, 9.17) is 16.3 Å². The van der Waals surface area contributed by atoms with Gasteiger partial charge in [0.15, 0.2) is 0 Å². The molecule has 0 aliphatic heterocycles. The van der Waals surface area contributed by atoms with Gasteiger partial charge in [0.1, 0.15) is 0 Å². The highest BCUT2D eigenvalue weighted by molar-refractivity contribution is 6.18. The van der Waals surface area contributed by atoms with Gasteiger partial charge in [0.2, 0.25) is 0 Å². The molecule has 0 bridgehead atoms. The van der Waals surface area contributed by atoms with Gasteiger partial charge in [-0.25, -0.2) is 4.79 Å². The van der Waals surface area contributed by atoms with Gasteiger partial charge in [-0.15, -0.1) is 24.0 Å². The summed E-state index contributed by atoms with van der Waals surface area (Å²) in [6.07, 6.45) is 4.70. The van der Waals surface area contributed by atoms with E-state index in [9.17, 15) is 4.79 Å². The summed E-state index contributed by atoms with van der Waals surface area (Å²) >= 11 is 5.78. The third-order valence-corrected chi connectivity index (χ3v) is 2.21. The Labute approximate surface area is 106 Å². The Bertz CT molecular complexity index is 380. The van der Waals surface area contributed by atoms with Crippen LogP contribution in [0.5, 0.6) is 0 Å². The molecule has 0 saturated carbocycles. The van der Waals surface area contributed by atoms with Crippen molar-refractivity contribution in [2.45, 2.75) is 12.8 Å². The average molecular weight is 262 g/mol. The number of hydrogen-bond acceptors (Lipinski definition) is 3. The van der Waals surface area contributed by atoms with Crippen molar-refractivity contribution in [1.29, 1.82) is 0 Å². The molecule has 0 aliphatic carbocycles. The normalized spacial score (nSPS) is 9.12. The first kappa shape index (κ1) is 14.9. The number of carbonyl (C=O) groups excluding carboxylic acids is 1. The zero-order valence-electron chi connectivity index (χ0n) is 8.90. The van der Waals surface area contributed by atoms with Gasteiger partial charge in [0.05, 0.1) is 12.2 Å². The molecule has 1 aromatic heterocycles. The monoisotopic (exact) mass is 261 g/mol. The highest BCUT2D eigenvalue weighted by Gasteiger charge is 2.14. The summed E-state index contributed by atoms with van der Waals surface area (Å²) in [6, 6.07) is 0. The predicted octanol–water partition coefficient (Wildman–Crippen LogP) is 3.06. The number of rotatable bonds is 4. The first-order valence-electron chi connectivity index (χ1n) is 4.57. The molecule has 5 heteroatoms. The molecule has 0 spiro atoms. The average Bonchev–Trinajstić information content (AvgIpc) is 2.28. The third-order valence-electron chi connectivity index (χ3n) is 1.94. The summed E-state index contributed by atoms with van der Waals surface area (Å²) in [5.74, 6) is -0.165. The molecule has 0 unspecified atom stereocenters. The topological polar surface area (TPSA) is 39.2 Å². The fourth-order valence-corrected chi connectivity index (χ4v) is 1.51. The Morgan fingerprint density at radius 3 is 2.81 bits per heavy atom. The first-order valence-corrected chi connectivity index (χ1v) is 5.10. The van der Waals surface area contributed by atoms with Crippen LogP contribution >= 0.6 is 24.0 Å². The van der Waals surface area contributed by atoms with Crippen LogP contribution in [-0.2, 0) is 10.6 Å². The van der Waals surface area contributed by atoms with Crippen LogP contribution in [-0.4, -0.2) is 17.6 Å². The second-order valence-electron chi connectivity index (χ2n) is 2.81. The van der Waals surface area contributed by atoms with E-state index in [1.54, 1.807) is 19.2 Å². The minimum Gasteiger partial charge on any atom is -0.462 e. The van der Waals surface area contributed by atoms with E-state index in [1.807, 2.05) is 0 Å². The van der Waals surface area contributed by atoms with E-state index in [1.165, 1.54) is 6.20 Å². The molecule has 0 fully saturated rings. The number of halogens is 2. The van der Waals surface area contributed by atoms with Crippen molar-refractivity contribution < 1.29 is 9.53 Å². The summed E-state index contributed by atoms with van der Waals surface area (Å²) < 4.78 is 4.90. The van der Waals surface area contributed by atoms with Crippen molar-refractivity contribution in [2.75, 3.05) is 6.61 Å². The maximum absolute atomic E-state index is 11.5. The predicted molar refractivity (Wildman–Crippen MR) is 67.1 cm³/mol. The Morgan fingerprint density at radius 1 is 1.62 bits per heavy atom. The molecule has 0 aromatic carbocycles. The van der Waals surface area contributed by atoms with E-state index in [0.717, 1.165) is 5.56 Å². The molecule has 1 heterocycles. The molecule has 0 atom stereocenters. The van der Waals surface area contributed by atoms with Gasteiger partial charge >= 0.3 is 5.97 Å². The largest absolute Gasteiger partial charge is 0.462 e. The molecule has 0 N–H and O–H groups in total. The molecule has 0 radical (unpaired) electrons. The molecule has 1 rings (SSSR count). The van der Waals surface area contributed by atoms with Crippen molar-refractivity contribution in [3.63, 3.8) is 0 Å². The number of alkyl halides is 1. The highest BCUT2D eigenvalue weighted by Crippen LogP contribution is 2.17. The first-order chi connectivity index (χ1) is 7.24. The van der Waals surface area contributed by atoms with Crippen molar-refractivity contribution >= 4 is 36.1 Å². The maximum atomic E-state index is 11.5. The van der Waals surface area contributed by atoms with Crippen LogP contribution < -0.4 is 0 Å². The number of ether oxygens (including phenoxy) is 1. The third kappa shape index (κ3) is 3.22. The van der Waals surface area contributed by atoms with Crippen molar-refractivity contribution in [2.24, 2.45) is 0 Å². The van der Waals surface area contributed by atoms with Crippen LogP contribution in [0, 0.1) is 0 Å². The molecule has 1 aromatic rings. The number of hydrogen-bond donors (Lipinski definition) is 0. The van der Waals surface area contributed by atoms with E-state index in [0.29, 0.717) is 17.7 Å². The lowest BCUT2D eigenvalue weighted by atomic mass is 10.1. The fraction of sp³-hybridized carbons (Fsp3) is 0.273. The van der Waals surface area contributed by atoms with Crippen LogP contribution in [0.25, 0.3) is 6.08 Å². The number of esters is 1. The number of nitrogens with zero attached hydrogens (tertiary/aromatic N) is 1. The van der Waals surface area contributed by atoms with Crippen LogP contribution in [0.3, 0.4) is 0 Å². The Morgan fingerprint density at radius 2 is 2.31 bits per heavy atom. The highest BCUT2D eigenvalue weighted by atomic mass is 35.5. The van der Waals surface area contributed by atoms with Crippen LogP contribution in [0.1, 0.15) is 28.4 Å². The molecular formula is C11H13Cl2NO2. The number of aromatic nitrogens is 1. The van der Waals surface area contributed by atoms with Crippen LogP contribution in [0.15, 0.2) is 19.0 Å². The zero-order valence-corrected chi connectivity index (χ0v) is 10.5. The van der Waals surface area contributed by atoms with E-state index >= 15 is 0 Å². The molecular weight excluding hydrogens is 249 g/mol. The lowest BCUT2D eigenvalue weighted by Crippen LogP contribution is -2.09. The molecule has 3 nitrogen and oxygen atoms in total. The van der Waals surface area contributed by atoms with Gasteiger partial charge in [-0.3, -0.25) is 4.98 Å². The Hall–Kier alpha value is -1.06. The van der Waals surface area contributed by atoms with Crippen LogP contribution in [0.2, 0.25) is 0 Å². The lowest BCUT2D eigenvalue weighted by molar-refractivity contribution is 0.0525. The standard InChI is InChI=1S/C11H12ClNO2.ClH/c1-3-8-6-13-7-10(9(8)5-12)11(14)15-4-2;/h3,6-7H,1,4-5H2,2H3;1H. The summed E-state index contributed by atoms with van der Waals surface area (Å²) in [4.78, 5) is 15.5. The van der Waals surface area contributed by atoms with E-state index in [2.05, 4.69) is 11.6 Å². The van der Waals surface area contributed by atoms with Crippen molar-refractivity contribution in [1.82, 2.24) is 4.98 Å². The smallest absolute Gasteiger partial charge is 0.340 e. The van der Waals surface area contributed by atoms with Crippen LogP contribution in [0.4, 0.5) is 0 Å².